The largest absolute Gasteiger partial charge is 0.421 e. The molecule has 1 aromatic heterocycles. The van der Waals surface area contributed by atoms with Crippen LogP contribution in [0.5, 0.6) is 0 Å². The molecule has 3 fully saturated rings. The fourth-order valence-electron chi connectivity index (χ4n) is 5.80. The van der Waals surface area contributed by atoms with Gasteiger partial charge in [-0.2, -0.15) is 18.2 Å². The zero-order valence-electron chi connectivity index (χ0n) is 22.0. The summed E-state index contributed by atoms with van der Waals surface area (Å²) >= 11 is 0. The SMILES string of the molecule is CN1C[C@H]2C[C@@H]1CN2c1cc(Nc2ncc(C(F)(F)F)c(N3OCC[C@H]3c3ccccc3)n2)cc(S(C)(=O)=O)c1. The van der Waals surface area contributed by atoms with Gasteiger partial charge in [0, 0.05) is 55.4 Å². The molecule has 3 aliphatic rings. The van der Waals surface area contributed by atoms with Crippen LogP contribution in [0.15, 0.2) is 59.6 Å². The van der Waals surface area contributed by atoms with E-state index in [0.29, 0.717) is 18.2 Å². The van der Waals surface area contributed by atoms with Gasteiger partial charge < -0.3 is 10.2 Å². The fraction of sp³-hybridized carbons (Fsp3) is 0.407. The van der Waals surface area contributed by atoms with Crippen LogP contribution in [0.4, 0.5) is 36.3 Å². The first kappa shape index (κ1) is 26.8. The highest BCUT2D eigenvalue weighted by Crippen LogP contribution is 2.42. The van der Waals surface area contributed by atoms with Gasteiger partial charge in [0.2, 0.25) is 5.95 Å². The van der Waals surface area contributed by atoms with Gasteiger partial charge in [-0.1, -0.05) is 30.3 Å². The number of halogens is 3. The van der Waals surface area contributed by atoms with Crippen LogP contribution in [-0.2, 0) is 20.9 Å². The predicted octanol–water partition coefficient (Wildman–Crippen LogP) is 4.42. The van der Waals surface area contributed by atoms with E-state index in [9.17, 15) is 21.6 Å². The van der Waals surface area contributed by atoms with Crippen LogP contribution in [-0.4, -0.2) is 68.4 Å². The molecule has 0 radical (unpaired) electrons. The Morgan fingerprint density at radius 1 is 1.07 bits per heavy atom. The molecule has 1 N–H and O–H groups in total. The molecule has 0 spiro atoms. The highest BCUT2D eigenvalue weighted by atomic mass is 32.2. The minimum Gasteiger partial charge on any atom is -0.366 e. The maximum Gasteiger partial charge on any atom is 0.421 e. The van der Waals surface area contributed by atoms with E-state index in [1.165, 1.54) is 11.1 Å². The van der Waals surface area contributed by atoms with Gasteiger partial charge >= 0.3 is 6.18 Å². The molecule has 3 aliphatic heterocycles. The minimum atomic E-state index is -4.72. The zero-order chi connectivity index (χ0) is 28.2. The third-order valence-electron chi connectivity index (χ3n) is 7.79. The lowest BCUT2D eigenvalue weighted by Gasteiger charge is -2.34. The monoisotopic (exact) mass is 574 g/mol. The van der Waals surface area contributed by atoms with E-state index in [4.69, 9.17) is 4.84 Å². The summed E-state index contributed by atoms with van der Waals surface area (Å²) in [4.78, 5) is 18.4. The maximum absolute atomic E-state index is 14.0. The number of hydrogen-bond acceptors (Lipinski definition) is 9. The van der Waals surface area contributed by atoms with Crippen LogP contribution in [0.3, 0.4) is 0 Å². The quantitative estimate of drug-likeness (QED) is 0.460. The molecule has 0 aliphatic carbocycles. The molecule has 212 valence electrons. The Morgan fingerprint density at radius 3 is 2.50 bits per heavy atom. The number of nitrogens with zero attached hydrogens (tertiary/aromatic N) is 5. The van der Waals surface area contributed by atoms with Gasteiger partial charge in [0.1, 0.15) is 5.56 Å². The van der Waals surface area contributed by atoms with Crippen molar-refractivity contribution in [3.8, 4) is 0 Å². The topological polar surface area (TPSA) is 90.9 Å². The summed E-state index contributed by atoms with van der Waals surface area (Å²) in [5.41, 5.74) is 0.868. The number of likely N-dealkylation sites (tertiary alicyclic amines) is 1. The van der Waals surface area contributed by atoms with Crippen molar-refractivity contribution in [1.82, 2.24) is 14.9 Å². The number of benzene rings is 2. The lowest BCUT2D eigenvalue weighted by molar-refractivity contribution is -0.138. The summed E-state index contributed by atoms with van der Waals surface area (Å²) in [6, 6.07) is 14.2. The summed E-state index contributed by atoms with van der Waals surface area (Å²) < 4.78 is 67.2. The number of hydrogen-bond donors (Lipinski definition) is 1. The first-order valence-corrected chi connectivity index (χ1v) is 14.9. The number of anilines is 4. The summed E-state index contributed by atoms with van der Waals surface area (Å²) in [5.74, 6) is -0.514. The van der Waals surface area contributed by atoms with E-state index >= 15 is 0 Å². The molecular weight excluding hydrogens is 545 g/mol. The Kier molecular flexibility index (Phi) is 6.62. The molecule has 0 amide bonds. The molecule has 2 aromatic carbocycles. The number of rotatable bonds is 6. The number of nitrogens with one attached hydrogen (secondary N) is 1. The molecule has 3 atom stereocenters. The van der Waals surface area contributed by atoms with Gasteiger partial charge in [0.25, 0.3) is 0 Å². The van der Waals surface area contributed by atoms with Crippen molar-refractivity contribution >= 4 is 33.0 Å². The van der Waals surface area contributed by atoms with Crippen LogP contribution < -0.4 is 15.3 Å². The molecule has 3 saturated heterocycles. The Balaban J connectivity index is 1.37. The number of hydroxylamine groups is 1. The van der Waals surface area contributed by atoms with Gasteiger partial charge in [-0.05, 0) is 37.2 Å². The number of sulfone groups is 1. The second-order valence-electron chi connectivity index (χ2n) is 10.6. The van der Waals surface area contributed by atoms with E-state index in [1.54, 1.807) is 12.1 Å². The molecule has 13 heteroatoms. The summed E-state index contributed by atoms with van der Waals surface area (Å²) in [7, 11) is -1.50. The average Bonchev–Trinajstić information content (AvgIpc) is 3.64. The van der Waals surface area contributed by atoms with Crippen molar-refractivity contribution in [3.05, 3.63) is 65.9 Å². The summed E-state index contributed by atoms with van der Waals surface area (Å²) in [6.45, 7) is 1.87. The van der Waals surface area contributed by atoms with Crippen LogP contribution in [0.1, 0.15) is 30.0 Å². The normalized spacial score (nSPS) is 23.3. The number of fused-ring (bicyclic) bond motifs is 2. The van der Waals surface area contributed by atoms with Crippen LogP contribution in [0, 0.1) is 0 Å². The lowest BCUT2D eigenvalue weighted by Crippen LogP contribution is -2.44. The van der Waals surface area contributed by atoms with Crippen molar-refractivity contribution in [2.75, 3.05) is 48.3 Å². The van der Waals surface area contributed by atoms with E-state index in [1.807, 2.05) is 30.3 Å². The van der Waals surface area contributed by atoms with E-state index in [2.05, 4.69) is 32.1 Å². The maximum atomic E-state index is 14.0. The van der Waals surface area contributed by atoms with Crippen molar-refractivity contribution < 1.29 is 26.4 Å². The molecule has 0 unspecified atom stereocenters. The molecule has 6 rings (SSSR count). The van der Waals surface area contributed by atoms with Gasteiger partial charge in [-0.3, -0.25) is 9.74 Å². The summed E-state index contributed by atoms with van der Waals surface area (Å²) in [6.07, 6.45) is -1.38. The Morgan fingerprint density at radius 2 is 1.85 bits per heavy atom. The number of piperazine rings is 1. The standard InChI is InChI=1S/C27H29F3N6O3S/c1-34-15-21-12-20(34)16-35(21)19-10-18(11-22(13-19)40(2,37)38)32-26-31-14-23(27(28,29)30)25(33-26)36-24(8-9-39-36)17-6-4-3-5-7-17/h3-7,10-11,13-14,20-21,24H,8-9,12,15-16H2,1-2H3,(H,31,32,33)/t20-,21-,24+/m1/s1. The Labute approximate surface area is 230 Å². The van der Waals surface area contributed by atoms with Crippen LogP contribution >= 0.6 is 0 Å². The van der Waals surface area contributed by atoms with Gasteiger partial charge in [0.05, 0.1) is 17.5 Å². The van der Waals surface area contributed by atoms with E-state index in [-0.39, 0.29) is 23.5 Å². The molecule has 4 heterocycles. The minimum absolute atomic E-state index is 0.0998. The van der Waals surface area contributed by atoms with Crippen LogP contribution in [0.2, 0.25) is 0 Å². The second-order valence-corrected chi connectivity index (χ2v) is 12.6. The van der Waals surface area contributed by atoms with Crippen molar-refractivity contribution in [1.29, 1.82) is 0 Å². The van der Waals surface area contributed by atoms with E-state index in [0.717, 1.165) is 43.2 Å². The van der Waals surface area contributed by atoms with Crippen molar-refractivity contribution in [3.63, 3.8) is 0 Å². The van der Waals surface area contributed by atoms with E-state index < -0.39 is 33.4 Å². The molecule has 3 aromatic rings. The Bertz CT molecular complexity index is 1520. The fourth-order valence-corrected chi connectivity index (χ4v) is 6.48. The second kappa shape index (κ2) is 9.89. The first-order chi connectivity index (χ1) is 19.0. The lowest BCUT2D eigenvalue weighted by atomic mass is 10.0. The number of aromatic nitrogens is 2. The third kappa shape index (κ3) is 5.08. The zero-order valence-corrected chi connectivity index (χ0v) is 22.8. The highest BCUT2D eigenvalue weighted by molar-refractivity contribution is 7.90. The smallest absolute Gasteiger partial charge is 0.366 e. The molecule has 9 nitrogen and oxygen atoms in total. The van der Waals surface area contributed by atoms with Crippen molar-refractivity contribution in [2.45, 2.75) is 42.0 Å². The Hall–Kier alpha value is -3.42. The van der Waals surface area contributed by atoms with Gasteiger partial charge in [-0.25, -0.2) is 18.5 Å². The number of likely N-dealkylation sites (N-methyl/N-ethyl adjacent to an activating group) is 1. The summed E-state index contributed by atoms with van der Waals surface area (Å²) in [5, 5.41) is 4.15. The molecular formula is C27H29F3N6O3S. The third-order valence-corrected chi connectivity index (χ3v) is 8.89. The highest BCUT2D eigenvalue weighted by Gasteiger charge is 2.42. The average molecular weight is 575 g/mol. The first-order valence-electron chi connectivity index (χ1n) is 13.0. The van der Waals surface area contributed by atoms with Gasteiger partial charge in [0.15, 0.2) is 15.7 Å². The molecule has 40 heavy (non-hydrogen) atoms. The predicted molar refractivity (Wildman–Crippen MR) is 144 cm³/mol. The molecule has 0 saturated carbocycles. The van der Waals surface area contributed by atoms with Gasteiger partial charge in [-0.15, -0.1) is 0 Å². The van der Waals surface area contributed by atoms with Crippen LogP contribution in [0.25, 0.3) is 0 Å². The molecule has 2 bridgehead atoms. The number of alkyl halides is 3. The van der Waals surface area contributed by atoms with Crippen molar-refractivity contribution in [2.24, 2.45) is 0 Å².